The number of aliphatic hydroxyl groups is 1. The van der Waals surface area contributed by atoms with Gasteiger partial charge in [-0.1, -0.05) is 50.0 Å². The van der Waals surface area contributed by atoms with Crippen molar-refractivity contribution in [3.8, 4) is 0 Å². The van der Waals surface area contributed by atoms with Crippen LogP contribution in [0.4, 0.5) is 0 Å². The smallest absolute Gasteiger partial charge is 0.184 e. The summed E-state index contributed by atoms with van der Waals surface area (Å²) in [7, 11) is -4.69. The topological polar surface area (TPSA) is 54.4 Å². The molecule has 0 radical (unpaired) electrons. The van der Waals surface area contributed by atoms with Crippen LogP contribution in [0.15, 0.2) is 47.4 Å². The molecule has 0 heterocycles. The van der Waals surface area contributed by atoms with E-state index in [2.05, 4.69) is 19.6 Å². The van der Waals surface area contributed by atoms with E-state index in [1.54, 1.807) is 43.3 Å². The van der Waals surface area contributed by atoms with Gasteiger partial charge in [-0.3, -0.25) is 0 Å². The summed E-state index contributed by atoms with van der Waals surface area (Å²) in [4.78, 5) is 0.313. The van der Waals surface area contributed by atoms with Gasteiger partial charge in [0.2, 0.25) is 0 Å². The van der Waals surface area contributed by atoms with Crippen molar-refractivity contribution in [1.82, 2.24) is 0 Å². The van der Waals surface area contributed by atoms with Crippen molar-refractivity contribution in [3.63, 3.8) is 0 Å². The lowest BCUT2D eigenvalue weighted by Gasteiger charge is -2.17. The molecule has 2 unspecified atom stereocenters. The maximum atomic E-state index is 12.7. The molecule has 1 N–H and O–H groups in total. The van der Waals surface area contributed by atoms with E-state index >= 15 is 0 Å². The third-order valence-corrected chi connectivity index (χ3v) is 6.66. The molecule has 0 saturated carbocycles. The summed E-state index contributed by atoms with van der Waals surface area (Å²) in [6, 6.07) is 9.39. The predicted octanol–water partition coefficient (Wildman–Crippen LogP) is 3.49. The molecule has 0 bridgehead atoms. The molecule has 0 amide bonds. The van der Waals surface area contributed by atoms with Gasteiger partial charge in [-0.15, -0.1) is 0 Å². The van der Waals surface area contributed by atoms with Crippen molar-refractivity contribution in [1.29, 1.82) is 0 Å². The molecule has 0 aromatic heterocycles. The van der Waals surface area contributed by atoms with Crippen LogP contribution in [0.1, 0.15) is 13.3 Å². The van der Waals surface area contributed by atoms with E-state index in [4.69, 9.17) is 0 Å². The summed E-state index contributed by atoms with van der Waals surface area (Å²) in [6.07, 6.45) is 3.30. The minimum Gasteiger partial charge on any atom is -0.393 e. The number of hydrogen-bond acceptors (Lipinski definition) is 3. The van der Waals surface area contributed by atoms with Gasteiger partial charge in [-0.05, 0) is 31.5 Å². The van der Waals surface area contributed by atoms with Gasteiger partial charge in [-0.25, -0.2) is 8.42 Å². The summed E-state index contributed by atoms with van der Waals surface area (Å²) in [5, 5.41) is 8.93. The number of rotatable bonds is 7. The van der Waals surface area contributed by atoms with Crippen LogP contribution in [0.5, 0.6) is 0 Å². The lowest BCUT2D eigenvalue weighted by atomic mass is 10.2. The zero-order chi connectivity index (χ0) is 16.1. The maximum absolute atomic E-state index is 12.7. The first kappa shape index (κ1) is 18.1. The van der Waals surface area contributed by atoms with E-state index in [9.17, 15) is 13.5 Å². The molecule has 0 aliphatic carbocycles. The van der Waals surface area contributed by atoms with E-state index in [0.29, 0.717) is 4.90 Å². The Morgan fingerprint density at radius 2 is 1.76 bits per heavy atom. The first-order chi connectivity index (χ1) is 9.63. The number of sulfone groups is 1. The molecule has 0 fully saturated rings. The van der Waals surface area contributed by atoms with E-state index in [1.165, 1.54) is 0 Å². The van der Waals surface area contributed by atoms with Crippen LogP contribution in [0.2, 0.25) is 25.7 Å². The normalized spacial score (nSPS) is 16.0. The third kappa shape index (κ3) is 6.16. The first-order valence-electron chi connectivity index (χ1n) is 7.26. The Morgan fingerprint density at radius 1 is 1.19 bits per heavy atom. The van der Waals surface area contributed by atoms with Crippen LogP contribution in [-0.4, -0.2) is 33.0 Å². The Morgan fingerprint density at radius 3 is 2.24 bits per heavy atom. The van der Waals surface area contributed by atoms with Crippen LogP contribution in [0.25, 0.3) is 0 Å². The minimum atomic E-state index is -3.45. The lowest BCUT2D eigenvalue weighted by molar-refractivity contribution is 0.186. The molecule has 2 atom stereocenters. The SMILES string of the molecule is CC(O)CC(/C=C/C[Si](C)(C)C)S(=O)(=O)c1ccccc1. The fourth-order valence-electron chi connectivity index (χ4n) is 2.00. The number of allylic oxidation sites excluding steroid dienone is 1. The van der Waals surface area contributed by atoms with Crippen LogP contribution < -0.4 is 0 Å². The Balaban J connectivity index is 3.02. The molecule has 1 aromatic rings. The summed E-state index contributed by atoms with van der Waals surface area (Å²) < 4.78 is 25.3. The average Bonchev–Trinajstić information content (AvgIpc) is 2.36. The van der Waals surface area contributed by atoms with Gasteiger partial charge in [-0.2, -0.15) is 0 Å². The second kappa shape index (κ2) is 7.38. The summed E-state index contributed by atoms with van der Waals surface area (Å²) in [5.41, 5.74) is 0. The number of benzene rings is 1. The molecular weight excluding hydrogens is 300 g/mol. The molecule has 3 nitrogen and oxygen atoms in total. The minimum absolute atomic E-state index is 0.222. The van der Waals surface area contributed by atoms with E-state index < -0.39 is 29.3 Å². The zero-order valence-electron chi connectivity index (χ0n) is 13.3. The highest BCUT2D eigenvalue weighted by Crippen LogP contribution is 2.21. The van der Waals surface area contributed by atoms with Crippen LogP contribution >= 0.6 is 0 Å². The van der Waals surface area contributed by atoms with Gasteiger partial charge >= 0.3 is 0 Å². The molecule has 21 heavy (non-hydrogen) atoms. The molecular formula is C16H26O3SSi. The van der Waals surface area contributed by atoms with Crippen LogP contribution in [0, 0.1) is 0 Å². The Hall–Kier alpha value is -0.913. The average molecular weight is 327 g/mol. The maximum Gasteiger partial charge on any atom is 0.184 e. The van der Waals surface area contributed by atoms with Gasteiger partial charge in [0.05, 0.1) is 16.2 Å². The van der Waals surface area contributed by atoms with Crippen molar-refractivity contribution in [2.45, 2.75) is 55.3 Å². The Labute approximate surface area is 129 Å². The predicted molar refractivity (Wildman–Crippen MR) is 91.0 cm³/mol. The van der Waals surface area contributed by atoms with Crippen molar-refractivity contribution in [2.75, 3.05) is 0 Å². The van der Waals surface area contributed by atoms with Gasteiger partial charge in [0.25, 0.3) is 0 Å². The van der Waals surface area contributed by atoms with E-state index in [1.807, 2.05) is 6.08 Å². The summed E-state index contributed by atoms with van der Waals surface area (Å²) >= 11 is 0. The van der Waals surface area contributed by atoms with Gasteiger partial charge in [0.15, 0.2) is 9.84 Å². The standard InChI is InChI=1S/C16H26O3SSi/c1-14(17)13-16(11-8-12-21(2,3)4)20(18,19)15-9-6-5-7-10-15/h5-11,14,16-17H,12-13H2,1-4H3/b11-8+. The number of hydrogen-bond donors (Lipinski definition) is 1. The number of aliphatic hydroxyl groups excluding tert-OH is 1. The zero-order valence-corrected chi connectivity index (χ0v) is 15.1. The fourth-order valence-corrected chi connectivity index (χ4v) is 4.58. The van der Waals surface area contributed by atoms with Crippen LogP contribution in [0.3, 0.4) is 0 Å². The highest BCUT2D eigenvalue weighted by Gasteiger charge is 2.26. The highest BCUT2D eigenvalue weighted by molar-refractivity contribution is 7.92. The molecule has 1 rings (SSSR count). The Kier molecular flexibility index (Phi) is 6.37. The monoisotopic (exact) mass is 326 g/mol. The second-order valence-electron chi connectivity index (χ2n) is 6.67. The van der Waals surface area contributed by atoms with Gasteiger partial charge in [0, 0.05) is 8.07 Å². The molecule has 0 saturated heterocycles. The van der Waals surface area contributed by atoms with Gasteiger partial charge < -0.3 is 5.11 Å². The van der Waals surface area contributed by atoms with Crippen molar-refractivity contribution >= 4 is 17.9 Å². The van der Waals surface area contributed by atoms with Crippen molar-refractivity contribution < 1.29 is 13.5 Å². The lowest BCUT2D eigenvalue weighted by Crippen LogP contribution is -2.24. The molecule has 0 spiro atoms. The second-order valence-corrected chi connectivity index (χ2v) is 14.4. The third-order valence-electron chi connectivity index (χ3n) is 3.12. The van der Waals surface area contributed by atoms with Crippen LogP contribution in [-0.2, 0) is 9.84 Å². The summed E-state index contributed by atoms with van der Waals surface area (Å²) in [5.74, 6) is 0. The highest BCUT2D eigenvalue weighted by atomic mass is 32.2. The molecule has 0 aliphatic heterocycles. The quantitative estimate of drug-likeness (QED) is 0.616. The molecule has 0 aliphatic rings. The first-order valence-corrected chi connectivity index (χ1v) is 12.5. The van der Waals surface area contributed by atoms with Gasteiger partial charge in [0.1, 0.15) is 0 Å². The molecule has 1 aromatic carbocycles. The largest absolute Gasteiger partial charge is 0.393 e. The molecule has 5 heteroatoms. The fraction of sp³-hybridized carbons (Fsp3) is 0.500. The van der Waals surface area contributed by atoms with Crippen molar-refractivity contribution in [3.05, 3.63) is 42.5 Å². The Bertz CT molecular complexity index is 557. The van der Waals surface area contributed by atoms with E-state index in [0.717, 1.165) is 6.04 Å². The summed E-state index contributed by atoms with van der Waals surface area (Å²) in [6.45, 7) is 8.35. The van der Waals surface area contributed by atoms with Crippen molar-refractivity contribution in [2.24, 2.45) is 0 Å². The van der Waals surface area contributed by atoms with E-state index in [-0.39, 0.29) is 6.42 Å². The molecule has 118 valence electrons.